The van der Waals surface area contributed by atoms with Crippen molar-refractivity contribution in [2.45, 2.75) is 25.5 Å². The van der Waals surface area contributed by atoms with Gasteiger partial charge in [0.05, 0.1) is 18.1 Å². The first kappa shape index (κ1) is 14.7. The molecule has 6 heteroatoms. The van der Waals surface area contributed by atoms with Crippen LogP contribution in [0.5, 0.6) is 5.75 Å². The van der Waals surface area contributed by atoms with Gasteiger partial charge in [-0.15, -0.1) is 0 Å². The van der Waals surface area contributed by atoms with Gasteiger partial charge in [0.2, 0.25) is 0 Å². The Morgan fingerprint density at radius 1 is 1.55 bits per heavy atom. The zero-order valence-electron chi connectivity index (χ0n) is 11.9. The molecule has 0 saturated carbocycles. The fourth-order valence-electron chi connectivity index (χ4n) is 2.49. The van der Waals surface area contributed by atoms with E-state index in [-0.39, 0.29) is 11.8 Å². The van der Waals surface area contributed by atoms with Crippen LogP contribution in [0, 0.1) is 10.1 Å². The highest BCUT2D eigenvalue weighted by atomic mass is 16.6. The number of nitro groups is 1. The predicted octanol–water partition coefficient (Wildman–Crippen LogP) is 2.21. The normalized spacial score (nSPS) is 18.4. The number of hydrogen-bond acceptors (Lipinski definition) is 5. The summed E-state index contributed by atoms with van der Waals surface area (Å²) in [5, 5.41) is 11.0. The molecule has 1 atom stereocenters. The van der Waals surface area contributed by atoms with Gasteiger partial charge >= 0.3 is 5.69 Å². The molecule has 0 N–H and O–H groups in total. The summed E-state index contributed by atoms with van der Waals surface area (Å²) < 4.78 is 10.6. The highest BCUT2D eigenvalue weighted by Crippen LogP contribution is 2.28. The average Bonchev–Trinajstić information content (AvgIpc) is 2.91. The minimum absolute atomic E-state index is 0.00974. The van der Waals surface area contributed by atoms with E-state index >= 15 is 0 Å². The first-order valence-corrected chi connectivity index (χ1v) is 6.71. The molecule has 110 valence electrons. The van der Waals surface area contributed by atoms with Crippen LogP contribution >= 0.6 is 0 Å². The molecule has 1 aromatic carbocycles. The molecule has 0 aliphatic carbocycles. The van der Waals surface area contributed by atoms with Crippen molar-refractivity contribution in [3.63, 3.8) is 0 Å². The van der Waals surface area contributed by atoms with Gasteiger partial charge in [-0.25, -0.2) is 0 Å². The fraction of sp³-hybridized carbons (Fsp3) is 0.571. The number of rotatable bonds is 6. The summed E-state index contributed by atoms with van der Waals surface area (Å²) in [6.45, 7) is 2.34. The molecule has 6 nitrogen and oxygen atoms in total. The first-order valence-electron chi connectivity index (χ1n) is 6.71. The zero-order chi connectivity index (χ0) is 14.5. The molecule has 2 rings (SSSR count). The molecule has 1 saturated heterocycles. The molecule has 0 amide bonds. The Bertz CT molecular complexity index is 472. The van der Waals surface area contributed by atoms with Crippen LogP contribution in [0.2, 0.25) is 0 Å². The van der Waals surface area contributed by atoms with Crippen LogP contribution in [0.4, 0.5) is 5.69 Å². The SMILES string of the molecule is COc1ccc(CN(C)CC2CCCO2)cc1[N+](=O)[O-]. The van der Waals surface area contributed by atoms with Crippen molar-refractivity contribution in [3.8, 4) is 5.75 Å². The van der Waals surface area contributed by atoms with Crippen molar-refractivity contribution < 1.29 is 14.4 Å². The summed E-state index contributed by atoms with van der Waals surface area (Å²) in [6, 6.07) is 5.08. The van der Waals surface area contributed by atoms with Gasteiger partial charge in [0.1, 0.15) is 0 Å². The van der Waals surface area contributed by atoms with Gasteiger partial charge in [0.25, 0.3) is 0 Å². The highest BCUT2D eigenvalue weighted by molar-refractivity contribution is 5.48. The monoisotopic (exact) mass is 280 g/mol. The first-order chi connectivity index (χ1) is 9.60. The van der Waals surface area contributed by atoms with Crippen LogP contribution in [0.1, 0.15) is 18.4 Å². The van der Waals surface area contributed by atoms with E-state index < -0.39 is 4.92 Å². The molecule has 0 radical (unpaired) electrons. The number of likely N-dealkylation sites (N-methyl/N-ethyl adjacent to an activating group) is 1. The maximum atomic E-state index is 11.0. The molecule has 1 heterocycles. The van der Waals surface area contributed by atoms with Gasteiger partial charge in [0, 0.05) is 25.8 Å². The summed E-state index contributed by atoms with van der Waals surface area (Å²) in [4.78, 5) is 12.7. The molecule has 20 heavy (non-hydrogen) atoms. The Balaban J connectivity index is 2.01. The Morgan fingerprint density at radius 3 is 2.95 bits per heavy atom. The van der Waals surface area contributed by atoms with Crippen molar-refractivity contribution in [2.75, 3.05) is 27.3 Å². The van der Waals surface area contributed by atoms with E-state index in [1.807, 2.05) is 13.1 Å². The van der Waals surface area contributed by atoms with Crippen LogP contribution in [0.3, 0.4) is 0 Å². The van der Waals surface area contributed by atoms with E-state index in [2.05, 4.69) is 4.90 Å². The van der Waals surface area contributed by atoms with Crippen LogP contribution in [0.15, 0.2) is 18.2 Å². The third-order valence-corrected chi connectivity index (χ3v) is 3.43. The van der Waals surface area contributed by atoms with Gasteiger partial charge in [-0.1, -0.05) is 6.07 Å². The largest absolute Gasteiger partial charge is 0.490 e. The third-order valence-electron chi connectivity index (χ3n) is 3.43. The number of hydrogen-bond donors (Lipinski definition) is 0. The minimum atomic E-state index is -0.414. The Hall–Kier alpha value is -1.66. The number of ether oxygens (including phenoxy) is 2. The number of benzene rings is 1. The summed E-state index contributed by atoms with van der Waals surface area (Å²) in [5.74, 6) is 0.292. The molecule has 0 spiro atoms. The van der Waals surface area contributed by atoms with Gasteiger partial charge in [-0.3, -0.25) is 15.0 Å². The zero-order valence-corrected chi connectivity index (χ0v) is 11.9. The lowest BCUT2D eigenvalue weighted by molar-refractivity contribution is -0.385. The third kappa shape index (κ3) is 3.68. The molecule has 1 aliphatic rings. The van der Waals surface area contributed by atoms with Crippen molar-refractivity contribution in [2.24, 2.45) is 0 Å². The smallest absolute Gasteiger partial charge is 0.311 e. The molecule has 1 unspecified atom stereocenters. The molecular formula is C14H20N2O4. The Labute approximate surface area is 118 Å². The molecule has 0 bridgehead atoms. The average molecular weight is 280 g/mol. The standard InChI is InChI=1S/C14H20N2O4/c1-15(10-12-4-3-7-20-12)9-11-5-6-14(19-2)13(8-11)16(17)18/h5-6,8,12H,3-4,7,9-10H2,1-2H3. The van der Waals surface area contributed by atoms with Crippen LogP contribution in [0.25, 0.3) is 0 Å². The van der Waals surface area contributed by atoms with Crippen molar-refractivity contribution in [1.82, 2.24) is 4.90 Å². The van der Waals surface area contributed by atoms with Crippen molar-refractivity contribution >= 4 is 5.69 Å². The van der Waals surface area contributed by atoms with Gasteiger partial charge in [0.15, 0.2) is 5.75 Å². The molecule has 1 aliphatic heterocycles. The highest BCUT2D eigenvalue weighted by Gasteiger charge is 2.19. The minimum Gasteiger partial charge on any atom is -0.490 e. The van der Waals surface area contributed by atoms with E-state index in [1.54, 1.807) is 12.1 Å². The van der Waals surface area contributed by atoms with Crippen molar-refractivity contribution in [1.29, 1.82) is 0 Å². The lowest BCUT2D eigenvalue weighted by Gasteiger charge is -2.20. The lowest BCUT2D eigenvalue weighted by atomic mass is 10.1. The number of methoxy groups -OCH3 is 1. The van der Waals surface area contributed by atoms with Gasteiger partial charge in [-0.05, 0) is 31.5 Å². The predicted molar refractivity (Wildman–Crippen MR) is 75.0 cm³/mol. The maximum Gasteiger partial charge on any atom is 0.311 e. The summed E-state index contributed by atoms with van der Waals surface area (Å²) in [5.41, 5.74) is 0.911. The summed E-state index contributed by atoms with van der Waals surface area (Å²) in [6.07, 6.45) is 2.49. The topological polar surface area (TPSA) is 64.8 Å². The Morgan fingerprint density at radius 2 is 2.35 bits per heavy atom. The maximum absolute atomic E-state index is 11.0. The van der Waals surface area contributed by atoms with E-state index in [9.17, 15) is 10.1 Å². The molecule has 1 fully saturated rings. The molecule has 1 aromatic rings. The van der Waals surface area contributed by atoms with E-state index in [0.717, 1.165) is 31.6 Å². The van der Waals surface area contributed by atoms with E-state index in [0.29, 0.717) is 12.3 Å². The van der Waals surface area contributed by atoms with Crippen LogP contribution in [-0.2, 0) is 11.3 Å². The second kappa shape index (κ2) is 6.67. The number of nitro benzene ring substituents is 1. The van der Waals surface area contributed by atoms with E-state index in [1.165, 1.54) is 7.11 Å². The van der Waals surface area contributed by atoms with Gasteiger partial charge < -0.3 is 9.47 Å². The summed E-state index contributed by atoms with van der Waals surface area (Å²) >= 11 is 0. The number of nitrogens with zero attached hydrogens (tertiary/aromatic N) is 2. The van der Waals surface area contributed by atoms with E-state index in [4.69, 9.17) is 9.47 Å². The van der Waals surface area contributed by atoms with Gasteiger partial charge in [-0.2, -0.15) is 0 Å². The van der Waals surface area contributed by atoms with Crippen LogP contribution in [-0.4, -0.2) is 43.2 Å². The fourth-order valence-corrected chi connectivity index (χ4v) is 2.49. The molecule has 0 aromatic heterocycles. The van der Waals surface area contributed by atoms with Crippen molar-refractivity contribution in [3.05, 3.63) is 33.9 Å². The second-order valence-corrected chi connectivity index (χ2v) is 5.10. The quantitative estimate of drug-likeness (QED) is 0.590. The molecular weight excluding hydrogens is 260 g/mol. The Kier molecular flexibility index (Phi) is 4.92. The lowest BCUT2D eigenvalue weighted by Crippen LogP contribution is -2.28. The second-order valence-electron chi connectivity index (χ2n) is 5.10. The summed E-state index contributed by atoms with van der Waals surface area (Å²) in [7, 11) is 3.43. The van der Waals surface area contributed by atoms with Crippen LogP contribution < -0.4 is 4.74 Å².